The molecule has 1 aromatic carbocycles. The normalized spacial score (nSPS) is 17.4. The molecule has 2 aromatic heterocycles. The van der Waals surface area contributed by atoms with Gasteiger partial charge in [-0.1, -0.05) is 12.1 Å². The molecule has 0 spiro atoms. The van der Waals surface area contributed by atoms with Crippen LogP contribution in [-0.2, 0) is 9.53 Å². The average molecular weight is 432 g/mol. The van der Waals surface area contributed by atoms with Crippen LogP contribution in [0.25, 0.3) is 27.7 Å². The minimum Gasteiger partial charge on any atom is -0.490 e. The summed E-state index contributed by atoms with van der Waals surface area (Å²) in [5.41, 5.74) is 6.67. The second kappa shape index (κ2) is 8.79. The van der Waals surface area contributed by atoms with Gasteiger partial charge in [0.1, 0.15) is 17.5 Å². The summed E-state index contributed by atoms with van der Waals surface area (Å²) in [6.45, 7) is 6.69. The third kappa shape index (κ3) is 4.15. The molecular formula is C26H29N3O3. The lowest BCUT2D eigenvalue weighted by Gasteiger charge is -2.25. The number of H-pyrrole nitrogens is 1. The number of fused-ring (bicyclic) bond motifs is 1. The number of carbonyl (C=O) groups is 1. The van der Waals surface area contributed by atoms with Crippen molar-refractivity contribution >= 4 is 22.5 Å². The van der Waals surface area contributed by atoms with Crippen LogP contribution in [-0.4, -0.2) is 53.2 Å². The number of benzene rings is 1. The fourth-order valence-corrected chi connectivity index (χ4v) is 4.56. The highest BCUT2D eigenvalue weighted by atomic mass is 16.5. The minimum atomic E-state index is 0.126. The van der Waals surface area contributed by atoms with Crippen molar-refractivity contribution < 1.29 is 14.3 Å². The van der Waals surface area contributed by atoms with Crippen LogP contribution < -0.4 is 4.74 Å². The van der Waals surface area contributed by atoms with Gasteiger partial charge in [0, 0.05) is 56.2 Å². The zero-order valence-corrected chi connectivity index (χ0v) is 18.7. The molecule has 1 fully saturated rings. The number of aryl methyl sites for hydroxylation is 1. The van der Waals surface area contributed by atoms with Gasteiger partial charge in [0.15, 0.2) is 0 Å². The number of aromatic amines is 1. The Morgan fingerprint density at radius 2 is 2.06 bits per heavy atom. The van der Waals surface area contributed by atoms with Gasteiger partial charge in [0.2, 0.25) is 5.91 Å². The van der Waals surface area contributed by atoms with Crippen LogP contribution in [0.3, 0.4) is 0 Å². The van der Waals surface area contributed by atoms with Crippen LogP contribution in [0.4, 0.5) is 0 Å². The maximum Gasteiger partial charge on any atom is 0.219 e. The van der Waals surface area contributed by atoms with E-state index in [-0.39, 0.29) is 12.0 Å². The number of aromatic nitrogens is 2. The van der Waals surface area contributed by atoms with E-state index in [1.165, 1.54) is 5.57 Å². The van der Waals surface area contributed by atoms with Crippen molar-refractivity contribution in [3.8, 4) is 16.9 Å². The Morgan fingerprint density at radius 1 is 1.22 bits per heavy atom. The molecule has 4 heterocycles. The Kier molecular flexibility index (Phi) is 5.70. The van der Waals surface area contributed by atoms with E-state index in [0.29, 0.717) is 6.54 Å². The molecule has 6 heteroatoms. The van der Waals surface area contributed by atoms with Gasteiger partial charge in [0.05, 0.1) is 13.2 Å². The lowest BCUT2D eigenvalue weighted by atomic mass is 9.98. The zero-order valence-electron chi connectivity index (χ0n) is 18.7. The number of carbonyl (C=O) groups excluding carboxylic acids is 1. The van der Waals surface area contributed by atoms with Crippen molar-refractivity contribution in [1.82, 2.24) is 14.9 Å². The number of amides is 1. The van der Waals surface area contributed by atoms with E-state index < -0.39 is 0 Å². The largest absolute Gasteiger partial charge is 0.490 e. The van der Waals surface area contributed by atoms with E-state index in [0.717, 1.165) is 78.1 Å². The third-order valence-corrected chi connectivity index (χ3v) is 6.50. The van der Waals surface area contributed by atoms with Crippen LogP contribution in [0.5, 0.6) is 5.75 Å². The first-order valence-corrected chi connectivity index (χ1v) is 11.4. The van der Waals surface area contributed by atoms with Crippen LogP contribution in [0.2, 0.25) is 0 Å². The second-order valence-electron chi connectivity index (χ2n) is 8.68. The average Bonchev–Trinajstić information content (AvgIpc) is 3.24. The summed E-state index contributed by atoms with van der Waals surface area (Å²) in [7, 11) is 0. The lowest BCUT2D eigenvalue weighted by Crippen LogP contribution is -2.32. The summed E-state index contributed by atoms with van der Waals surface area (Å²) < 4.78 is 11.7. The van der Waals surface area contributed by atoms with E-state index in [9.17, 15) is 4.79 Å². The molecule has 0 saturated carbocycles. The summed E-state index contributed by atoms with van der Waals surface area (Å²) in [5, 5.41) is 1.11. The number of hydrogen-bond acceptors (Lipinski definition) is 4. The summed E-state index contributed by atoms with van der Waals surface area (Å²) >= 11 is 0. The fraction of sp³-hybridized carbons (Fsp3) is 0.385. The Labute approximate surface area is 188 Å². The number of ether oxygens (including phenoxy) is 2. The molecule has 1 amide bonds. The van der Waals surface area contributed by atoms with E-state index in [4.69, 9.17) is 9.47 Å². The van der Waals surface area contributed by atoms with Crippen molar-refractivity contribution in [1.29, 1.82) is 0 Å². The summed E-state index contributed by atoms with van der Waals surface area (Å²) in [6.07, 6.45) is 9.07. The molecule has 166 valence electrons. The highest BCUT2D eigenvalue weighted by Gasteiger charge is 2.18. The SMILES string of the molecule is CC(=O)N1CC=C(c2cnc3[nH]cc(-c4ccc(OC5CCOCC5)c(C)c4)c3c2)CC1. The van der Waals surface area contributed by atoms with Crippen LogP contribution in [0.15, 0.2) is 42.7 Å². The quantitative estimate of drug-likeness (QED) is 0.648. The van der Waals surface area contributed by atoms with Crippen molar-refractivity contribution in [2.75, 3.05) is 26.3 Å². The molecule has 0 radical (unpaired) electrons. The molecule has 0 atom stereocenters. The molecule has 1 saturated heterocycles. The van der Waals surface area contributed by atoms with Crippen molar-refractivity contribution in [2.45, 2.75) is 39.2 Å². The first kappa shape index (κ1) is 20.8. The van der Waals surface area contributed by atoms with Gasteiger partial charge >= 0.3 is 0 Å². The first-order chi connectivity index (χ1) is 15.6. The monoisotopic (exact) mass is 431 g/mol. The van der Waals surface area contributed by atoms with Crippen LogP contribution in [0.1, 0.15) is 37.3 Å². The molecular weight excluding hydrogens is 402 g/mol. The van der Waals surface area contributed by atoms with Crippen molar-refractivity contribution in [3.63, 3.8) is 0 Å². The predicted molar refractivity (Wildman–Crippen MR) is 126 cm³/mol. The molecule has 1 N–H and O–H groups in total. The van der Waals surface area contributed by atoms with Crippen molar-refractivity contribution in [2.24, 2.45) is 0 Å². The molecule has 2 aliphatic rings. The summed E-state index contributed by atoms with van der Waals surface area (Å²) in [5.74, 6) is 1.07. The number of rotatable bonds is 4. The fourth-order valence-electron chi connectivity index (χ4n) is 4.56. The van der Waals surface area contributed by atoms with Crippen LogP contribution >= 0.6 is 0 Å². The molecule has 0 bridgehead atoms. The van der Waals surface area contributed by atoms with E-state index in [2.05, 4.69) is 47.2 Å². The number of nitrogens with zero attached hydrogens (tertiary/aromatic N) is 2. The zero-order chi connectivity index (χ0) is 22.1. The highest BCUT2D eigenvalue weighted by Crippen LogP contribution is 2.34. The smallest absolute Gasteiger partial charge is 0.219 e. The Balaban J connectivity index is 1.41. The standard InChI is InChI=1S/C26H29N3O3/c1-17-13-20(3-4-25(17)32-22-7-11-31-12-8-22)24-16-28-26-23(24)14-21(15-27-26)19-5-9-29(10-6-19)18(2)30/h3-5,13-16,22H,6-12H2,1-2H3,(H,27,28). The lowest BCUT2D eigenvalue weighted by molar-refractivity contribution is -0.128. The van der Waals surface area contributed by atoms with Crippen molar-refractivity contribution in [3.05, 3.63) is 53.9 Å². The van der Waals surface area contributed by atoms with Gasteiger partial charge in [-0.05, 0) is 53.8 Å². The molecule has 32 heavy (non-hydrogen) atoms. The van der Waals surface area contributed by atoms with Gasteiger partial charge in [-0.2, -0.15) is 0 Å². The van der Waals surface area contributed by atoms with E-state index in [1.54, 1.807) is 6.92 Å². The number of nitrogens with one attached hydrogen (secondary N) is 1. The maximum atomic E-state index is 11.6. The molecule has 3 aromatic rings. The molecule has 0 unspecified atom stereocenters. The van der Waals surface area contributed by atoms with Gasteiger partial charge in [0.25, 0.3) is 0 Å². The van der Waals surface area contributed by atoms with Crippen LogP contribution in [0, 0.1) is 6.92 Å². The molecule has 5 rings (SSSR count). The topological polar surface area (TPSA) is 67.5 Å². The van der Waals surface area contributed by atoms with E-state index >= 15 is 0 Å². The Morgan fingerprint density at radius 3 is 2.78 bits per heavy atom. The minimum absolute atomic E-state index is 0.126. The predicted octanol–water partition coefficient (Wildman–Crippen LogP) is 4.73. The second-order valence-corrected chi connectivity index (χ2v) is 8.68. The highest BCUT2D eigenvalue weighted by molar-refractivity contribution is 5.95. The molecule has 2 aliphatic heterocycles. The summed E-state index contributed by atoms with van der Waals surface area (Å²) in [4.78, 5) is 21.4. The molecule has 6 nitrogen and oxygen atoms in total. The maximum absolute atomic E-state index is 11.6. The molecule has 0 aliphatic carbocycles. The third-order valence-electron chi connectivity index (χ3n) is 6.50. The number of hydrogen-bond donors (Lipinski definition) is 1. The van der Waals surface area contributed by atoms with Gasteiger partial charge in [-0.3, -0.25) is 4.79 Å². The Hall–Kier alpha value is -3.12. The van der Waals surface area contributed by atoms with Gasteiger partial charge in [-0.25, -0.2) is 4.98 Å². The Bertz CT molecular complexity index is 1170. The summed E-state index contributed by atoms with van der Waals surface area (Å²) in [6, 6.07) is 8.61. The van der Waals surface area contributed by atoms with E-state index in [1.807, 2.05) is 17.3 Å². The first-order valence-electron chi connectivity index (χ1n) is 11.4. The van der Waals surface area contributed by atoms with Gasteiger partial charge < -0.3 is 19.4 Å². The number of pyridine rings is 1. The van der Waals surface area contributed by atoms with Gasteiger partial charge in [-0.15, -0.1) is 0 Å².